The number of amides is 1. The Morgan fingerprint density at radius 3 is 2.16 bits per heavy atom. The summed E-state index contributed by atoms with van der Waals surface area (Å²) in [4.78, 5) is 13.0. The Labute approximate surface area is 187 Å². The zero-order chi connectivity index (χ0) is 22.9. The number of carbonyl (C=O) groups excluding carboxylic acids is 1. The quantitative estimate of drug-likeness (QED) is 0.493. The third kappa shape index (κ3) is 6.78. The van der Waals surface area contributed by atoms with Gasteiger partial charge >= 0.3 is 0 Å². The monoisotopic (exact) mass is 468 g/mol. The van der Waals surface area contributed by atoms with Crippen LogP contribution in [0, 0.1) is 0 Å². The molecule has 0 aliphatic rings. The summed E-state index contributed by atoms with van der Waals surface area (Å²) in [5.41, 5.74) is 0.619. The van der Waals surface area contributed by atoms with E-state index < -0.39 is 22.0 Å². The largest absolute Gasteiger partial charge is 0.496 e. The van der Waals surface area contributed by atoms with Crippen LogP contribution in [0.2, 0.25) is 0 Å². The molecule has 0 saturated carbocycles. The van der Waals surface area contributed by atoms with Gasteiger partial charge in [-0.1, -0.05) is 18.2 Å². The minimum absolute atomic E-state index is 0.0952. The van der Waals surface area contributed by atoms with Crippen molar-refractivity contribution >= 4 is 27.7 Å². The first kappa shape index (κ1) is 24.8. The number of methoxy groups -OCH3 is 3. The van der Waals surface area contributed by atoms with E-state index in [0.717, 1.165) is 0 Å². The molecule has 1 amide bonds. The summed E-state index contributed by atoms with van der Waals surface area (Å²) in [6.45, 7) is 0.0952. The molecule has 0 aromatic heterocycles. The van der Waals surface area contributed by atoms with E-state index in [1.54, 1.807) is 30.3 Å². The van der Waals surface area contributed by atoms with Crippen molar-refractivity contribution in [2.45, 2.75) is 23.9 Å². The molecule has 1 atom stereocenters. The van der Waals surface area contributed by atoms with Crippen molar-refractivity contribution in [3.8, 4) is 17.2 Å². The highest BCUT2D eigenvalue weighted by Gasteiger charge is 2.26. The van der Waals surface area contributed by atoms with Gasteiger partial charge in [0.05, 0.1) is 38.3 Å². The second-order valence-corrected chi connectivity index (χ2v) is 9.20. The van der Waals surface area contributed by atoms with E-state index in [4.69, 9.17) is 14.2 Å². The van der Waals surface area contributed by atoms with Crippen LogP contribution in [-0.4, -0.2) is 53.7 Å². The fraction of sp³-hybridized carbons (Fsp3) is 0.381. The molecule has 0 saturated heterocycles. The van der Waals surface area contributed by atoms with Crippen LogP contribution >= 0.6 is 11.8 Å². The number of ether oxygens (including phenoxy) is 3. The molecule has 2 aromatic carbocycles. The molecule has 0 heterocycles. The molecule has 31 heavy (non-hydrogen) atoms. The van der Waals surface area contributed by atoms with E-state index in [0.29, 0.717) is 35.0 Å². The zero-order valence-electron chi connectivity index (χ0n) is 18.0. The molecular formula is C21H28N2O6S2. The first-order chi connectivity index (χ1) is 14.9. The minimum atomic E-state index is -3.84. The molecule has 0 fully saturated rings. The Morgan fingerprint density at radius 1 is 1.03 bits per heavy atom. The predicted octanol–water partition coefficient (Wildman–Crippen LogP) is 2.43. The number of hydrogen-bond donors (Lipinski definition) is 2. The predicted molar refractivity (Wildman–Crippen MR) is 121 cm³/mol. The maximum absolute atomic E-state index is 12.9. The van der Waals surface area contributed by atoms with Crippen LogP contribution in [0.1, 0.15) is 12.0 Å². The number of rotatable bonds is 12. The van der Waals surface area contributed by atoms with Crippen LogP contribution < -0.4 is 24.2 Å². The highest BCUT2D eigenvalue weighted by Crippen LogP contribution is 2.33. The zero-order valence-corrected chi connectivity index (χ0v) is 19.6. The molecule has 0 aliphatic carbocycles. The van der Waals surface area contributed by atoms with Crippen LogP contribution in [0.5, 0.6) is 17.2 Å². The average Bonchev–Trinajstić information content (AvgIpc) is 2.79. The molecule has 0 bridgehead atoms. The van der Waals surface area contributed by atoms with Gasteiger partial charge in [0.2, 0.25) is 15.9 Å². The summed E-state index contributed by atoms with van der Waals surface area (Å²) in [5, 5.41) is 2.79. The second kappa shape index (κ2) is 11.8. The topological polar surface area (TPSA) is 103 Å². The van der Waals surface area contributed by atoms with E-state index in [1.165, 1.54) is 45.2 Å². The van der Waals surface area contributed by atoms with Crippen molar-refractivity contribution in [1.29, 1.82) is 0 Å². The maximum atomic E-state index is 12.9. The van der Waals surface area contributed by atoms with Crippen molar-refractivity contribution in [2.75, 3.05) is 33.3 Å². The fourth-order valence-corrected chi connectivity index (χ4v) is 4.61. The molecule has 2 N–H and O–H groups in total. The summed E-state index contributed by atoms with van der Waals surface area (Å²) in [5.74, 6) is 1.71. The number of benzene rings is 2. The van der Waals surface area contributed by atoms with Crippen molar-refractivity contribution in [3.05, 3.63) is 48.0 Å². The van der Waals surface area contributed by atoms with Crippen LogP contribution in [-0.2, 0) is 21.4 Å². The number of nitrogens with one attached hydrogen (secondary N) is 2. The highest BCUT2D eigenvalue weighted by atomic mass is 32.2. The summed E-state index contributed by atoms with van der Waals surface area (Å²) in [6.07, 6.45) is 2.24. The SMILES string of the molecule is COc1cc(OC)c(CNC(=O)C(CCSC)NS(=O)(=O)c2ccccc2)c(OC)c1. The second-order valence-electron chi connectivity index (χ2n) is 6.50. The van der Waals surface area contributed by atoms with Gasteiger partial charge in [-0.05, 0) is 30.6 Å². The smallest absolute Gasteiger partial charge is 0.241 e. The number of carbonyl (C=O) groups is 1. The lowest BCUT2D eigenvalue weighted by atomic mass is 10.1. The molecule has 2 rings (SSSR count). The summed E-state index contributed by atoms with van der Waals surface area (Å²) in [6, 6.07) is 10.4. The van der Waals surface area contributed by atoms with Gasteiger partial charge < -0.3 is 19.5 Å². The molecule has 2 aromatic rings. The van der Waals surface area contributed by atoms with Gasteiger partial charge in [-0.3, -0.25) is 4.79 Å². The van der Waals surface area contributed by atoms with E-state index >= 15 is 0 Å². The van der Waals surface area contributed by atoms with Gasteiger partial charge in [0.15, 0.2) is 0 Å². The third-order valence-corrected chi connectivity index (χ3v) is 6.67. The summed E-state index contributed by atoms with van der Waals surface area (Å²) in [7, 11) is 0.711. The molecule has 1 unspecified atom stereocenters. The average molecular weight is 469 g/mol. The minimum Gasteiger partial charge on any atom is -0.496 e. The Bertz CT molecular complexity index is 942. The standard InChI is InChI=1S/C21H28N2O6S2/c1-27-15-12-19(28-2)17(20(13-15)29-3)14-22-21(24)18(10-11-30-4)23-31(25,26)16-8-6-5-7-9-16/h5-9,12-13,18,23H,10-11,14H2,1-4H3,(H,22,24). The normalized spacial score (nSPS) is 12.1. The van der Waals surface area contributed by atoms with E-state index in [1.807, 2.05) is 6.26 Å². The summed E-state index contributed by atoms with van der Waals surface area (Å²) >= 11 is 1.53. The maximum Gasteiger partial charge on any atom is 0.241 e. The van der Waals surface area contributed by atoms with Gasteiger partial charge in [0, 0.05) is 12.1 Å². The number of sulfonamides is 1. The molecule has 10 heteroatoms. The highest BCUT2D eigenvalue weighted by molar-refractivity contribution is 7.98. The van der Waals surface area contributed by atoms with Gasteiger partial charge in [0.1, 0.15) is 23.3 Å². The van der Waals surface area contributed by atoms with Crippen LogP contribution in [0.15, 0.2) is 47.4 Å². The molecule has 8 nitrogen and oxygen atoms in total. The lowest BCUT2D eigenvalue weighted by Crippen LogP contribution is -2.46. The number of hydrogen-bond acceptors (Lipinski definition) is 7. The van der Waals surface area contributed by atoms with Crippen LogP contribution in [0.25, 0.3) is 0 Å². The van der Waals surface area contributed by atoms with E-state index in [9.17, 15) is 13.2 Å². The van der Waals surface area contributed by atoms with Gasteiger partial charge in [0.25, 0.3) is 0 Å². The van der Waals surface area contributed by atoms with Crippen molar-refractivity contribution in [2.24, 2.45) is 0 Å². The Kier molecular flexibility index (Phi) is 9.47. The lowest BCUT2D eigenvalue weighted by molar-refractivity contribution is -0.122. The molecule has 170 valence electrons. The molecule has 0 aliphatic heterocycles. The van der Waals surface area contributed by atoms with E-state index in [2.05, 4.69) is 10.0 Å². The van der Waals surface area contributed by atoms with Crippen molar-refractivity contribution < 1.29 is 27.4 Å². The van der Waals surface area contributed by atoms with Gasteiger partial charge in [-0.15, -0.1) is 0 Å². The first-order valence-electron chi connectivity index (χ1n) is 9.49. The first-order valence-corrected chi connectivity index (χ1v) is 12.4. The van der Waals surface area contributed by atoms with Crippen LogP contribution in [0.3, 0.4) is 0 Å². The molecule has 0 spiro atoms. The molecular weight excluding hydrogens is 440 g/mol. The Hall–Kier alpha value is -2.43. The van der Waals surface area contributed by atoms with E-state index in [-0.39, 0.29) is 11.4 Å². The van der Waals surface area contributed by atoms with Gasteiger partial charge in [-0.2, -0.15) is 16.5 Å². The van der Waals surface area contributed by atoms with Gasteiger partial charge in [-0.25, -0.2) is 8.42 Å². The Balaban J connectivity index is 2.20. The molecule has 0 radical (unpaired) electrons. The Morgan fingerprint density at radius 2 is 1.65 bits per heavy atom. The van der Waals surface area contributed by atoms with Crippen LogP contribution in [0.4, 0.5) is 0 Å². The third-order valence-electron chi connectivity index (χ3n) is 4.53. The lowest BCUT2D eigenvalue weighted by Gasteiger charge is -2.20. The summed E-state index contributed by atoms with van der Waals surface area (Å²) < 4.78 is 44.0. The number of thioether (sulfide) groups is 1. The van der Waals surface area contributed by atoms with Crippen molar-refractivity contribution in [1.82, 2.24) is 10.0 Å². The van der Waals surface area contributed by atoms with Crippen molar-refractivity contribution in [3.63, 3.8) is 0 Å². The fourth-order valence-electron chi connectivity index (χ4n) is 2.88.